The van der Waals surface area contributed by atoms with Crippen LogP contribution in [0.4, 0.5) is 5.82 Å². The van der Waals surface area contributed by atoms with E-state index >= 15 is 0 Å². The average molecular weight is 339 g/mol. The zero-order chi connectivity index (χ0) is 17.2. The predicted octanol–water partition coefficient (Wildman–Crippen LogP) is 1.22. The van der Waals surface area contributed by atoms with Crippen LogP contribution in [-0.2, 0) is 13.1 Å². The van der Waals surface area contributed by atoms with Crippen LogP contribution in [0.1, 0.15) is 17.5 Å². The highest BCUT2D eigenvalue weighted by Gasteiger charge is 2.20. The first kappa shape index (κ1) is 15.9. The van der Waals surface area contributed by atoms with Gasteiger partial charge < -0.3 is 10.3 Å². The Morgan fingerprint density at radius 2 is 1.72 bits per heavy atom. The smallest absolute Gasteiger partial charge is 0.240 e. The monoisotopic (exact) mass is 339 g/mol. The number of benzene rings is 1. The zero-order valence-electron chi connectivity index (χ0n) is 14.2. The Kier molecular flexibility index (Phi) is 4.29. The molecule has 3 aromatic rings. The van der Waals surface area contributed by atoms with E-state index in [2.05, 4.69) is 29.9 Å². The van der Waals surface area contributed by atoms with Crippen molar-refractivity contribution in [1.29, 1.82) is 0 Å². The second-order valence-electron chi connectivity index (χ2n) is 6.33. The van der Waals surface area contributed by atoms with Crippen LogP contribution in [0, 0.1) is 6.92 Å². The molecule has 0 amide bonds. The van der Waals surface area contributed by atoms with E-state index in [9.17, 15) is 0 Å². The van der Waals surface area contributed by atoms with Gasteiger partial charge in [0.05, 0.1) is 18.6 Å². The van der Waals surface area contributed by atoms with Crippen LogP contribution in [0.15, 0.2) is 28.8 Å². The number of anilines is 1. The molecule has 0 saturated carbocycles. The van der Waals surface area contributed by atoms with E-state index in [4.69, 9.17) is 10.3 Å². The van der Waals surface area contributed by atoms with Crippen LogP contribution in [0.5, 0.6) is 0 Å². The van der Waals surface area contributed by atoms with E-state index in [0.29, 0.717) is 30.6 Å². The lowest BCUT2D eigenvalue weighted by molar-refractivity contribution is 0.110. The summed E-state index contributed by atoms with van der Waals surface area (Å²) < 4.78 is 5.19. The number of rotatable bonds is 4. The van der Waals surface area contributed by atoms with Crippen molar-refractivity contribution in [3.8, 4) is 0 Å². The molecule has 25 heavy (non-hydrogen) atoms. The summed E-state index contributed by atoms with van der Waals surface area (Å²) in [4.78, 5) is 18.0. The molecule has 0 aliphatic carbocycles. The number of nitrogens with zero attached hydrogens (tertiary/aromatic N) is 6. The van der Waals surface area contributed by atoms with Gasteiger partial charge in [-0.3, -0.25) is 9.80 Å². The fourth-order valence-corrected chi connectivity index (χ4v) is 3.12. The van der Waals surface area contributed by atoms with Crippen molar-refractivity contribution >= 4 is 16.7 Å². The first-order chi connectivity index (χ1) is 12.2. The van der Waals surface area contributed by atoms with Gasteiger partial charge in [-0.05, 0) is 19.1 Å². The SMILES string of the molecule is Cc1noc(CN2CCN(Cc3nc(N)c4ccccc4n3)CC2)n1. The Balaban J connectivity index is 1.37. The van der Waals surface area contributed by atoms with Gasteiger partial charge in [-0.2, -0.15) is 4.98 Å². The van der Waals surface area contributed by atoms with Crippen LogP contribution in [0.3, 0.4) is 0 Å². The second-order valence-corrected chi connectivity index (χ2v) is 6.33. The van der Waals surface area contributed by atoms with Gasteiger partial charge in [0, 0.05) is 31.6 Å². The molecule has 8 nitrogen and oxygen atoms in total. The third-order valence-corrected chi connectivity index (χ3v) is 4.44. The van der Waals surface area contributed by atoms with Crippen molar-refractivity contribution in [3.63, 3.8) is 0 Å². The van der Waals surface area contributed by atoms with Crippen molar-refractivity contribution in [2.75, 3.05) is 31.9 Å². The number of fused-ring (bicyclic) bond motifs is 1. The van der Waals surface area contributed by atoms with Crippen LogP contribution >= 0.6 is 0 Å². The normalized spacial score (nSPS) is 16.5. The maximum Gasteiger partial charge on any atom is 0.240 e. The van der Waals surface area contributed by atoms with Crippen molar-refractivity contribution in [1.82, 2.24) is 29.9 Å². The molecular weight excluding hydrogens is 318 g/mol. The van der Waals surface area contributed by atoms with Gasteiger partial charge >= 0.3 is 0 Å². The summed E-state index contributed by atoms with van der Waals surface area (Å²) in [5, 5.41) is 4.74. The summed E-state index contributed by atoms with van der Waals surface area (Å²) in [7, 11) is 0. The molecule has 1 aliphatic heterocycles. The fraction of sp³-hybridized carbons (Fsp3) is 0.412. The number of nitrogen functional groups attached to an aromatic ring is 1. The van der Waals surface area contributed by atoms with Crippen molar-refractivity contribution < 1.29 is 4.52 Å². The molecule has 130 valence electrons. The molecule has 1 aromatic carbocycles. The molecule has 0 bridgehead atoms. The van der Waals surface area contributed by atoms with Crippen LogP contribution in [0.25, 0.3) is 10.9 Å². The largest absolute Gasteiger partial charge is 0.383 e. The highest BCUT2D eigenvalue weighted by Crippen LogP contribution is 2.18. The molecule has 1 aliphatic rings. The molecule has 0 atom stereocenters. The molecule has 4 rings (SSSR count). The van der Waals surface area contributed by atoms with Crippen LogP contribution in [0.2, 0.25) is 0 Å². The minimum absolute atomic E-state index is 0.547. The maximum absolute atomic E-state index is 6.07. The number of hydrogen-bond donors (Lipinski definition) is 1. The van der Waals surface area contributed by atoms with Gasteiger partial charge in [0.25, 0.3) is 0 Å². The van der Waals surface area contributed by atoms with Gasteiger partial charge in [0.2, 0.25) is 5.89 Å². The lowest BCUT2D eigenvalue weighted by Crippen LogP contribution is -2.45. The molecule has 1 saturated heterocycles. The molecule has 1 fully saturated rings. The van der Waals surface area contributed by atoms with E-state index in [1.807, 2.05) is 31.2 Å². The van der Waals surface area contributed by atoms with E-state index < -0.39 is 0 Å². The van der Waals surface area contributed by atoms with Crippen molar-refractivity contribution in [3.05, 3.63) is 41.8 Å². The summed E-state index contributed by atoms with van der Waals surface area (Å²) in [5.41, 5.74) is 6.97. The summed E-state index contributed by atoms with van der Waals surface area (Å²) in [6, 6.07) is 7.84. The minimum Gasteiger partial charge on any atom is -0.383 e. The summed E-state index contributed by atoms with van der Waals surface area (Å²) in [6.45, 7) is 7.04. The third-order valence-electron chi connectivity index (χ3n) is 4.44. The number of aryl methyl sites for hydroxylation is 1. The Bertz CT molecular complexity index is 870. The minimum atomic E-state index is 0.547. The number of aromatic nitrogens is 4. The van der Waals surface area contributed by atoms with Crippen LogP contribution in [-0.4, -0.2) is 56.1 Å². The molecule has 0 radical (unpaired) electrons. The molecule has 0 unspecified atom stereocenters. The number of piperazine rings is 1. The Hall–Kier alpha value is -2.58. The predicted molar refractivity (Wildman–Crippen MR) is 93.5 cm³/mol. The first-order valence-corrected chi connectivity index (χ1v) is 8.42. The number of para-hydroxylation sites is 1. The summed E-state index contributed by atoms with van der Waals surface area (Å²) in [5.74, 6) is 2.68. The lowest BCUT2D eigenvalue weighted by atomic mass is 10.2. The van der Waals surface area contributed by atoms with Gasteiger partial charge in [-0.15, -0.1) is 0 Å². The Morgan fingerprint density at radius 1 is 1.00 bits per heavy atom. The van der Waals surface area contributed by atoms with E-state index in [1.165, 1.54) is 0 Å². The molecule has 3 heterocycles. The second kappa shape index (κ2) is 6.73. The molecule has 0 spiro atoms. The molecule has 8 heteroatoms. The lowest BCUT2D eigenvalue weighted by Gasteiger charge is -2.33. The summed E-state index contributed by atoms with van der Waals surface area (Å²) >= 11 is 0. The maximum atomic E-state index is 6.07. The topological polar surface area (TPSA) is 97.2 Å². The first-order valence-electron chi connectivity index (χ1n) is 8.42. The van der Waals surface area contributed by atoms with Gasteiger partial charge in [-0.1, -0.05) is 17.3 Å². The Labute approximate surface area is 145 Å². The molecular formula is C17H21N7O. The zero-order valence-corrected chi connectivity index (χ0v) is 14.2. The van der Waals surface area contributed by atoms with Crippen LogP contribution < -0.4 is 5.73 Å². The van der Waals surface area contributed by atoms with Gasteiger partial charge in [0.15, 0.2) is 5.82 Å². The number of hydrogen-bond acceptors (Lipinski definition) is 8. The third kappa shape index (κ3) is 3.59. The number of nitrogens with two attached hydrogens (primary N) is 1. The van der Waals surface area contributed by atoms with Gasteiger partial charge in [0.1, 0.15) is 11.6 Å². The average Bonchev–Trinajstić information content (AvgIpc) is 3.02. The highest BCUT2D eigenvalue weighted by molar-refractivity contribution is 5.87. The van der Waals surface area contributed by atoms with E-state index in [0.717, 1.165) is 42.9 Å². The quantitative estimate of drug-likeness (QED) is 0.758. The van der Waals surface area contributed by atoms with Crippen molar-refractivity contribution in [2.24, 2.45) is 0 Å². The van der Waals surface area contributed by atoms with E-state index in [1.54, 1.807) is 0 Å². The Morgan fingerprint density at radius 3 is 2.44 bits per heavy atom. The highest BCUT2D eigenvalue weighted by atomic mass is 16.5. The van der Waals surface area contributed by atoms with E-state index in [-0.39, 0.29) is 0 Å². The fourth-order valence-electron chi connectivity index (χ4n) is 3.12. The molecule has 2 aromatic heterocycles. The standard InChI is InChI=1S/C17H21N7O/c1-12-19-16(25-22-12)11-24-8-6-23(7-9-24)10-15-20-14-5-3-2-4-13(14)17(18)21-15/h2-5H,6-11H2,1H3,(H2,18,20,21). The van der Waals surface area contributed by atoms with Gasteiger partial charge in [-0.25, -0.2) is 9.97 Å². The summed E-state index contributed by atoms with van der Waals surface area (Å²) in [6.07, 6.45) is 0. The molecule has 2 N–H and O–H groups in total. The van der Waals surface area contributed by atoms with Crippen molar-refractivity contribution in [2.45, 2.75) is 20.0 Å².